The molecule has 7 nitrogen and oxygen atoms in total. The molecule has 0 saturated heterocycles. The number of aryl methyl sites for hydroxylation is 1. The van der Waals surface area contributed by atoms with E-state index in [0.717, 1.165) is 49.4 Å². The fourth-order valence-corrected chi connectivity index (χ4v) is 5.92. The predicted molar refractivity (Wildman–Crippen MR) is 200 cm³/mol. The Morgan fingerprint density at radius 1 is 0.771 bits per heavy atom. The molecule has 0 fully saturated rings. The van der Waals surface area contributed by atoms with Crippen LogP contribution in [0.4, 0.5) is 11.4 Å². The van der Waals surface area contributed by atoms with E-state index >= 15 is 0 Å². The summed E-state index contributed by atoms with van der Waals surface area (Å²) < 4.78 is 5.95. The topological polar surface area (TPSA) is 74.6 Å². The summed E-state index contributed by atoms with van der Waals surface area (Å²) in [5.74, 6) is 0.896. The molecule has 0 bridgehead atoms. The van der Waals surface area contributed by atoms with Gasteiger partial charge in [0.1, 0.15) is 17.2 Å². The average molecular weight is 651 g/mol. The van der Waals surface area contributed by atoms with Crippen LogP contribution in [-0.4, -0.2) is 43.2 Å². The molecule has 0 atom stereocenters. The van der Waals surface area contributed by atoms with E-state index in [1.54, 1.807) is 0 Å². The number of hydrogen-bond donors (Lipinski definition) is 0. The van der Waals surface area contributed by atoms with E-state index in [9.17, 15) is 9.59 Å². The van der Waals surface area contributed by atoms with Crippen LogP contribution in [0, 0.1) is 12.3 Å². The highest BCUT2D eigenvalue weighted by atomic mass is 16.5. The summed E-state index contributed by atoms with van der Waals surface area (Å²) in [6.07, 6.45) is 14.9. The third-order valence-electron chi connectivity index (χ3n) is 8.86. The summed E-state index contributed by atoms with van der Waals surface area (Å²) in [7, 11) is 0. The van der Waals surface area contributed by atoms with Crippen molar-refractivity contribution < 1.29 is 14.3 Å². The molecule has 0 N–H and O–H groups in total. The van der Waals surface area contributed by atoms with Crippen LogP contribution in [0.15, 0.2) is 89.1 Å². The number of rotatable bonds is 17. The number of hydrazone groups is 2. The minimum absolute atomic E-state index is 0.00421. The highest BCUT2D eigenvalue weighted by Crippen LogP contribution is 2.33. The van der Waals surface area contributed by atoms with Crippen molar-refractivity contribution in [2.24, 2.45) is 15.6 Å². The van der Waals surface area contributed by atoms with Crippen LogP contribution >= 0.6 is 0 Å². The van der Waals surface area contributed by atoms with Crippen molar-refractivity contribution in [2.45, 2.75) is 98.3 Å². The second-order valence-electron chi connectivity index (χ2n) is 13.5. The monoisotopic (exact) mass is 650 g/mol. The van der Waals surface area contributed by atoms with Crippen molar-refractivity contribution in [1.82, 2.24) is 0 Å². The number of benzene rings is 3. The largest absolute Gasteiger partial charge is 0.494 e. The zero-order valence-corrected chi connectivity index (χ0v) is 29.5. The number of ketones is 1. The Kier molecular flexibility index (Phi) is 14.4. The normalized spacial score (nSPS) is 15.0. The number of nitrogens with zero attached hydrogens (tertiary/aromatic N) is 4. The lowest BCUT2D eigenvalue weighted by atomic mass is 9.84. The number of Topliss-reactive ketones (excluding diaryl/α,β-unsaturated/α-hetero) is 1. The van der Waals surface area contributed by atoms with Crippen molar-refractivity contribution in [2.75, 3.05) is 29.7 Å². The first-order chi connectivity index (χ1) is 23.3. The molecule has 0 amide bonds. The van der Waals surface area contributed by atoms with E-state index in [1.165, 1.54) is 63.4 Å². The molecule has 0 aromatic heterocycles. The molecule has 2 aliphatic heterocycles. The highest BCUT2D eigenvalue weighted by molar-refractivity contribution is 6.48. The van der Waals surface area contributed by atoms with Gasteiger partial charge in [-0.15, -0.1) is 0 Å². The van der Waals surface area contributed by atoms with Gasteiger partial charge in [-0.2, -0.15) is 10.2 Å². The molecule has 2 heterocycles. The third kappa shape index (κ3) is 11.2. The van der Waals surface area contributed by atoms with E-state index in [4.69, 9.17) is 9.84 Å². The van der Waals surface area contributed by atoms with E-state index in [1.807, 2.05) is 95.8 Å². The fourth-order valence-electron chi connectivity index (χ4n) is 5.92. The van der Waals surface area contributed by atoms with Gasteiger partial charge in [0.25, 0.3) is 0 Å². The smallest absolute Gasteiger partial charge is 0.209 e. The summed E-state index contributed by atoms with van der Waals surface area (Å²) >= 11 is 0. The molecule has 2 aliphatic rings. The van der Waals surface area contributed by atoms with Gasteiger partial charge < -0.3 is 4.74 Å². The molecule has 3 aromatic carbocycles. The molecule has 3 aromatic rings. The lowest BCUT2D eigenvalue weighted by molar-refractivity contribution is -0.102. The van der Waals surface area contributed by atoms with Gasteiger partial charge in [0.2, 0.25) is 5.78 Å². The average Bonchev–Trinajstić information content (AvgIpc) is 3.72. The second kappa shape index (κ2) is 18.9. The van der Waals surface area contributed by atoms with E-state index in [-0.39, 0.29) is 11.2 Å². The number of carbonyl (C=O) groups is 2. The van der Waals surface area contributed by atoms with Crippen LogP contribution in [0.5, 0.6) is 5.75 Å². The second-order valence-corrected chi connectivity index (χ2v) is 13.5. The van der Waals surface area contributed by atoms with Crippen molar-refractivity contribution in [1.29, 1.82) is 0 Å². The van der Waals surface area contributed by atoms with Crippen molar-refractivity contribution in [3.8, 4) is 5.75 Å². The molecule has 0 aliphatic carbocycles. The maximum absolute atomic E-state index is 13.0. The number of unbranched alkanes of at least 4 members (excludes halogenated alkanes) is 9. The van der Waals surface area contributed by atoms with Gasteiger partial charge in [0.05, 0.1) is 24.5 Å². The maximum Gasteiger partial charge on any atom is 0.209 e. The van der Waals surface area contributed by atoms with E-state index in [0.29, 0.717) is 23.5 Å². The number of anilines is 2. The summed E-state index contributed by atoms with van der Waals surface area (Å²) in [5.41, 5.74) is 4.88. The molecule has 0 unspecified atom stereocenters. The van der Waals surface area contributed by atoms with Crippen LogP contribution in [-0.2, 0) is 4.79 Å². The molecular weight excluding hydrogens is 596 g/mol. The van der Waals surface area contributed by atoms with Crippen molar-refractivity contribution in [3.63, 3.8) is 0 Å². The van der Waals surface area contributed by atoms with Crippen molar-refractivity contribution in [3.05, 3.63) is 90.0 Å². The lowest BCUT2D eigenvalue weighted by Crippen LogP contribution is -2.32. The predicted octanol–water partition coefficient (Wildman–Crippen LogP) is 9.83. The molecule has 0 radical (unpaired) electrons. The molecule has 0 saturated carbocycles. The number of carbonyl (C=O) groups excluding carboxylic acids is 2. The van der Waals surface area contributed by atoms with Crippen LogP contribution in [0.3, 0.4) is 0 Å². The third-order valence-corrected chi connectivity index (χ3v) is 8.86. The van der Waals surface area contributed by atoms with Crippen LogP contribution in [0.1, 0.15) is 107 Å². The minimum Gasteiger partial charge on any atom is -0.494 e. The molecular formula is C41H54N4O3. The SMILES string of the molecule is CCCCCCCCCCCCOc1ccc(N2CC(C)(C)C(C(=O)c3ccccc3)=N2)cc1.Cc1ccc(N2CCC(C=O)=N2)cc1. The first kappa shape index (κ1) is 36.6. The summed E-state index contributed by atoms with van der Waals surface area (Å²) in [4.78, 5) is 23.5. The molecule has 5 rings (SSSR count). The van der Waals surface area contributed by atoms with Crippen LogP contribution in [0.2, 0.25) is 0 Å². The van der Waals surface area contributed by atoms with Gasteiger partial charge >= 0.3 is 0 Å². The zero-order chi connectivity index (χ0) is 34.2. The first-order valence-electron chi connectivity index (χ1n) is 17.9. The quantitative estimate of drug-likeness (QED) is 0.0826. The van der Waals surface area contributed by atoms with E-state index < -0.39 is 0 Å². The van der Waals surface area contributed by atoms with Gasteiger partial charge in [-0.3, -0.25) is 19.6 Å². The van der Waals surface area contributed by atoms with Gasteiger partial charge in [0.15, 0.2) is 6.29 Å². The first-order valence-corrected chi connectivity index (χ1v) is 17.9. The molecule has 48 heavy (non-hydrogen) atoms. The maximum atomic E-state index is 13.0. The van der Waals surface area contributed by atoms with E-state index in [2.05, 4.69) is 25.9 Å². The highest BCUT2D eigenvalue weighted by Gasteiger charge is 2.39. The van der Waals surface area contributed by atoms with Crippen molar-refractivity contribution >= 4 is 34.9 Å². The Balaban J connectivity index is 0.000000307. The van der Waals surface area contributed by atoms with Crippen LogP contribution in [0.25, 0.3) is 0 Å². The zero-order valence-electron chi connectivity index (χ0n) is 29.5. The number of aldehydes is 1. The Morgan fingerprint density at radius 2 is 1.35 bits per heavy atom. The summed E-state index contributed by atoms with van der Waals surface area (Å²) in [6.45, 7) is 10.7. The van der Waals surface area contributed by atoms with Gasteiger partial charge in [0, 0.05) is 23.9 Å². The fraction of sp³-hybridized carbons (Fsp3) is 0.463. The number of ether oxygens (including phenoxy) is 1. The Labute approximate surface area is 288 Å². The minimum atomic E-state index is -0.308. The number of hydrogen-bond acceptors (Lipinski definition) is 7. The summed E-state index contributed by atoms with van der Waals surface area (Å²) in [6, 6.07) is 25.6. The molecule has 0 spiro atoms. The Bertz CT molecular complexity index is 1480. The Hall–Kier alpha value is -4.26. The van der Waals surface area contributed by atoms with Gasteiger partial charge in [-0.05, 0) is 49.7 Å². The Morgan fingerprint density at radius 3 is 1.96 bits per heavy atom. The molecule has 7 heteroatoms. The summed E-state index contributed by atoms with van der Waals surface area (Å²) in [5, 5.41) is 12.7. The lowest BCUT2D eigenvalue weighted by Gasteiger charge is -2.21. The van der Waals surface area contributed by atoms with Gasteiger partial charge in [-0.1, -0.05) is 127 Å². The van der Waals surface area contributed by atoms with Gasteiger partial charge in [-0.25, -0.2) is 0 Å². The van der Waals surface area contributed by atoms with Crippen LogP contribution < -0.4 is 14.8 Å². The molecule has 256 valence electrons. The standard InChI is InChI=1S/C30H42N2O2.C11H12N2O/c1-4-5-6-7-8-9-10-11-12-16-23-34-27-21-19-26(20-22-27)32-24-30(2,3)29(31-32)28(33)25-17-14-13-15-18-25;1-9-2-4-11(5-3-9)13-7-6-10(8-14)12-13/h13-15,17-22H,4-12,16,23-24H2,1-3H3;2-5,8H,6-7H2,1H3.